The fourth-order valence-electron chi connectivity index (χ4n) is 1.55. The molecule has 0 fully saturated rings. The molecule has 0 saturated heterocycles. The van der Waals surface area contributed by atoms with Gasteiger partial charge >= 0.3 is 5.97 Å². The SMILES string of the molecule is CCCOC(=O)CCC(=O)NC(=S)NNC(=O)c1ccccc1Br. The summed E-state index contributed by atoms with van der Waals surface area (Å²) in [6.07, 6.45) is 0.642. The highest BCUT2D eigenvalue weighted by molar-refractivity contribution is 9.10. The lowest BCUT2D eigenvalue weighted by atomic mass is 10.2. The molecule has 7 nitrogen and oxygen atoms in total. The summed E-state index contributed by atoms with van der Waals surface area (Å²) in [5.41, 5.74) is 5.21. The van der Waals surface area contributed by atoms with E-state index in [1.807, 2.05) is 6.92 Å². The molecule has 0 unspecified atom stereocenters. The number of nitrogens with one attached hydrogen (secondary N) is 3. The van der Waals surface area contributed by atoms with Crippen LogP contribution in [-0.4, -0.2) is 29.5 Å². The van der Waals surface area contributed by atoms with Crippen LogP contribution < -0.4 is 16.2 Å². The number of ether oxygens (including phenoxy) is 1. The minimum atomic E-state index is -0.448. The van der Waals surface area contributed by atoms with E-state index in [0.29, 0.717) is 16.6 Å². The number of hydrogen-bond donors (Lipinski definition) is 3. The van der Waals surface area contributed by atoms with Gasteiger partial charge in [-0.3, -0.25) is 25.2 Å². The van der Waals surface area contributed by atoms with E-state index in [2.05, 4.69) is 32.1 Å². The summed E-state index contributed by atoms with van der Waals surface area (Å²) in [6.45, 7) is 2.22. The molecule has 1 aromatic rings. The van der Waals surface area contributed by atoms with Gasteiger partial charge in [-0.25, -0.2) is 0 Å². The van der Waals surface area contributed by atoms with Crippen LogP contribution in [0.5, 0.6) is 0 Å². The molecular formula is C15H18BrN3O4S. The summed E-state index contributed by atoms with van der Waals surface area (Å²) in [6, 6.07) is 6.86. The van der Waals surface area contributed by atoms with Crippen molar-refractivity contribution in [2.45, 2.75) is 26.2 Å². The van der Waals surface area contributed by atoms with Gasteiger partial charge in [0.2, 0.25) is 5.91 Å². The van der Waals surface area contributed by atoms with E-state index < -0.39 is 17.8 Å². The number of carbonyl (C=O) groups excluding carboxylic acids is 3. The number of thiocarbonyl (C=S) groups is 1. The van der Waals surface area contributed by atoms with Crippen LogP contribution >= 0.6 is 28.1 Å². The topological polar surface area (TPSA) is 96.5 Å². The van der Waals surface area contributed by atoms with Crippen LogP contribution in [0.1, 0.15) is 36.5 Å². The molecule has 0 aliphatic rings. The number of rotatable bonds is 6. The molecule has 3 N–H and O–H groups in total. The lowest BCUT2D eigenvalue weighted by Gasteiger charge is -2.11. The highest BCUT2D eigenvalue weighted by Gasteiger charge is 2.11. The van der Waals surface area contributed by atoms with E-state index in [9.17, 15) is 14.4 Å². The van der Waals surface area contributed by atoms with Gasteiger partial charge in [-0.2, -0.15) is 0 Å². The normalized spacial score (nSPS) is 9.75. The van der Waals surface area contributed by atoms with Crippen molar-refractivity contribution in [3.05, 3.63) is 34.3 Å². The fraction of sp³-hybridized carbons (Fsp3) is 0.333. The standard InChI is InChI=1S/C15H18BrN3O4S/c1-2-9-23-13(21)8-7-12(20)17-15(24)19-18-14(22)10-5-3-4-6-11(10)16/h3-6H,2,7-9H2,1H3,(H,18,22)(H2,17,19,20,24). The number of benzene rings is 1. The maximum Gasteiger partial charge on any atom is 0.306 e. The molecule has 0 bridgehead atoms. The molecule has 24 heavy (non-hydrogen) atoms. The van der Waals surface area contributed by atoms with Crippen LogP contribution in [0.2, 0.25) is 0 Å². The average Bonchev–Trinajstić information content (AvgIpc) is 2.56. The molecule has 0 aliphatic heterocycles. The van der Waals surface area contributed by atoms with E-state index in [1.54, 1.807) is 24.3 Å². The Morgan fingerprint density at radius 1 is 1.17 bits per heavy atom. The van der Waals surface area contributed by atoms with Crippen molar-refractivity contribution in [1.29, 1.82) is 0 Å². The van der Waals surface area contributed by atoms with Gasteiger partial charge < -0.3 is 10.1 Å². The van der Waals surface area contributed by atoms with Gasteiger partial charge in [-0.15, -0.1) is 0 Å². The molecule has 0 saturated carbocycles. The van der Waals surface area contributed by atoms with E-state index in [4.69, 9.17) is 17.0 Å². The lowest BCUT2D eigenvalue weighted by molar-refractivity contribution is -0.144. The second-order valence-electron chi connectivity index (χ2n) is 4.66. The highest BCUT2D eigenvalue weighted by atomic mass is 79.9. The Morgan fingerprint density at radius 2 is 1.88 bits per heavy atom. The maximum absolute atomic E-state index is 11.9. The van der Waals surface area contributed by atoms with E-state index >= 15 is 0 Å². The maximum atomic E-state index is 11.9. The monoisotopic (exact) mass is 415 g/mol. The van der Waals surface area contributed by atoms with Gasteiger partial charge in [0, 0.05) is 10.9 Å². The number of esters is 1. The summed E-state index contributed by atoms with van der Waals surface area (Å²) in [4.78, 5) is 34.9. The summed E-state index contributed by atoms with van der Waals surface area (Å²) in [5.74, 6) is -1.30. The predicted octanol–water partition coefficient (Wildman–Crippen LogP) is 1.82. The van der Waals surface area contributed by atoms with Gasteiger partial charge in [0.05, 0.1) is 18.6 Å². The van der Waals surface area contributed by atoms with Crippen molar-refractivity contribution in [3.63, 3.8) is 0 Å². The van der Waals surface area contributed by atoms with E-state index in [0.717, 1.165) is 6.42 Å². The smallest absolute Gasteiger partial charge is 0.306 e. The molecule has 0 aliphatic carbocycles. The quantitative estimate of drug-likeness (QED) is 0.372. The van der Waals surface area contributed by atoms with Crippen molar-refractivity contribution >= 4 is 51.0 Å². The predicted molar refractivity (Wildman–Crippen MR) is 96.0 cm³/mol. The average molecular weight is 416 g/mol. The van der Waals surface area contributed by atoms with Gasteiger partial charge in [-0.1, -0.05) is 19.1 Å². The molecule has 1 aromatic carbocycles. The Kier molecular flexibility index (Phi) is 8.95. The van der Waals surface area contributed by atoms with Crippen LogP contribution in [0.25, 0.3) is 0 Å². The van der Waals surface area contributed by atoms with Crippen LogP contribution in [0.3, 0.4) is 0 Å². The zero-order chi connectivity index (χ0) is 17.9. The van der Waals surface area contributed by atoms with Crippen LogP contribution in [0, 0.1) is 0 Å². The molecule has 0 spiro atoms. The molecule has 2 amide bonds. The minimum absolute atomic E-state index is 0.0300. The molecule has 130 valence electrons. The van der Waals surface area contributed by atoms with Crippen molar-refractivity contribution < 1.29 is 19.1 Å². The summed E-state index contributed by atoms with van der Waals surface area (Å²) in [7, 11) is 0. The zero-order valence-corrected chi connectivity index (χ0v) is 15.5. The first-order chi connectivity index (χ1) is 11.4. The van der Waals surface area contributed by atoms with Crippen molar-refractivity contribution in [2.75, 3.05) is 6.61 Å². The molecular weight excluding hydrogens is 398 g/mol. The fourth-order valence-corrected chi connectivity index (χ4v) is 2.18. The van der Waals surface area contributed by atoms with E-state index in [-0.39, 0.29) is 18.0 Å². The first kappa shape index (κ1) is 20.0. The summed E-state index contributed by atoms with van der Waals surface area (Å²) < 4.78 is 5.49. The summed E-state index contributed by atoms with van der Waals surface area (Å²) >= 11 is 8.16. The van der Waals surface area contributed by atoms with Gasteiger partial charge in [-0.05, 0) is 46.7 Å². The molecule has 0 atom stereocenters. The first-order valence-corrected chi connectivity index (χ1v) is 8.44. The van der Waals surface area contributed by atoms with Crippen molar-refractivity contribution in [3.8, 4) is 0 Å². The molecule has 0 heterocycles. The van der Waals surface area contributed by atoms with Crippen molar-refractivity contribution in [1.82, 2.24) is 16.2 Å². The third-order valence-corrected chi connectivity index (χ3v) is 3.58. The van der Waals surface area contributed by atoms with Gasteiger partial charge in [0.25, 0.3) is 5.91 Å². The summed E-state index contributed by atoms with van der Waals surface area (Å²) in [5, 5.41) is 2.29. The van der Waals surface area contributed by atoms with Gasteiger partial charge in [0.15, 0.2) is 5.11 Å². The van der Waals surface area contributed by atoms with Crippen LogP contribution in [0.15, 0.2) is 28.7 Å². The van der Waals surface area contributed by atoms with Crippen LogP contribution in [0.4, 0.5) is 0 Å². The molecule has 0 aromatic heterocycles. The lowest BCUT2D eigenvalue weighted by Crippen LogP contribution is -2.48. The molecule has 1 rings (SSSR count). The Hall–Kier alpha value is -2.00. The van der Waals surface area contributed by atoms with E-state index in [1.165, 1.54) is 0 Å². The third-order valence-electron chi connectivity index (χ3n) is 2.68. The number of carbonyl (C=O) groups is 3. The number of amides is 2. The Balaban J connectivity index is 2.31. The van der Waals surface area contributed by atoms with Gasteiger partial charge in [0.1, 0.15) is 0 Å². The highest BCUT2D eigenvalue weighted by Crippen LogP contribution is 2.15. The largest absolute Gasteiger partial charge is 0.466 e. The zero-order valence-electron chi connectivity index (χ0n) is 13.1. The number of halogens is 1. The first-order valence-electron chi connectivity index (χ1n) is 7.24. The number of hydrogen-bond acceptors (Lipinski definition) is 5. The Morgan fingerprint density at radius 3 is 2.54 bits per heavy atom. The van der Waals surface area contributed by atoms with Crippen molar-refractivity contribution in [2.24, 2.45) is 0 Å². The third kappa shape index (κ3) is 7.51. The minimum Gasteiger partial charge on any atom is -0.466 e. The second-order valence-corrected chi connectivity index (χ2v) is 5.92. The molecule has 0 radical (unpaired) electrons. The number of hydrazine groups is 1. The Labute approximate surface area is 153 Å². The Bertz CT molecular complexity index is 624. The second kappa shape index (κ2) is 10.7. The van der Waals surface area contributed by atoms with Crippen LogP contribution in [-0.2, 0) is 14.3 Å². The molecule has 9 heteroatoms.